The first kappa shape index (κ1) is 9.59. The number of carbonyl (C=O) groups is 1. The van der Waals surface area contributed by atoms with Gasteiger partial charge in [0.1, 0.15) is 5.52 Å². The van der Waals surface area contributed by atoms with Crippen LogP contribution < -0.4 is 0 Å². The summed E-state index contributed by atoms with van der Waals surface area (Å²) in [6, 6.07) is 4.48. The number of rotatable bonds is 2. The number of benzene rings is 1. The monoisotopic (exact) mass is 230 g/mol. The molecule has 0 atom stereocenters. The highest BCUT2D eigenvalue weighted by Gasteiger charge is 2.12. The number of fused-ring (bicyclic) bond motifs is 1. The van der Waals surface area contributed by atoms with Gasteiger partial charge in [-0.3, -0.25) is 0 Å². The third-order valence-corrected chi connectivity index (χ3v) is 2.28. The van der Waals surface area contributed by atoms with E-state index in [9.17, 15) is 4.79 Å². The van der Waals surface area contributed by atoms with Crippen molar-refractivity contribution in [1.82, 2.24) is 9.97 Å². The molecule has 3 rings (SSSR count). The molecule has 1 aromatic carbocycles. The van der Waals surface area contributed by atoms with Crippen molar-refractivity contribution in [3.05, 3.63) is 36.4 Å². The Hall–Kier alpha value is -2.63. The molecular formula is C11H6N2O4. The Bertz CT molecular complexity index is 685. The summed E-state index contributed by atoms with van der Waals surface area (Å²) in [7, 11) is 0. The summed E-state index contributed by atoms with van der Waals surface area (Å²) in [5.41, 5.74) is 1.12. The Morgan fingerprint density at radius 3 is 2.94 bits per heavy atom. The zero-order valence-corrected chi connectivity index (χ0v) is 8.45. The maximum atomic E-state index is 10.8. The molecule has 2 aromatic heterocycles. The van der Waals surface area contributed by atoms with Gasteiger partial charge in [-0.2, -0.15) is 0 Å². The molecule has 0 saturated heterocycles. The first-order valence-electron chi connectivity index (χ1n) is 4.77. The molecule has 1 N–H and O–H groups in total. The zero-order chi connectivity index (χ0) is 11.8. The molecule has 0 fully saturated rings. The van der Waals surface area contributed by atoms with E-state index in [4.69, 9.17) is 13.9 Å². The first-order valence-corrected chi connectivity index (χ1v) is 4.77. The second-order valence-corrected chi connectivity index (χ2v) is 3.37. The molecule has 2 heterocycles. The predicted molar refractivity (Wildman–Crippen MR) is 56.5 cm³/mol. The molecule has 6 nitrogen and oxygen atoms in total. The van der Waals surface area contributed by atoms with Crippen molar-refractivity contribution in [1.29, 1.82) is 0 Å². The van der Waals surface area contributed by atoms with Crippen LogP contribution in [0.3, 0.4) is 0 Å². The van der Waals surface area contributed by atoms with Crippen LogP contribution in [0.15, 0.2) is 39.6 Å². The van der Waals surface area contributed by atoms with Gasteiger partial charge < -0.3 is 13.9 Å². The molecule has 0 bridgehead atoms. The SMILES string of the molecule is O=C(O)c1ccc2nc(-c3cnco3)oc2c1. The fourth-order valence-corrected chi connectivity index (χ4v) is 1.48. The number of carboxylic acid groups (broad SMARTS) is 1. The van der Waals surface area contributed by atoms with Crippen LogP contribution in [0.4, 0.5) is 0 Å². The molecule has 0 amide bonds. The number of oxazole rings is 2. The summed E-state index contributed by atoms with van der Waals surface area (Å²) in [4.78, 5) is 18.7. The highest BCUT2D eigenvalue weighted by molar-refractivity contribution is 5.92. The van der Waals surface area contributed by atoms with Gasteiger partial charge in [0.15, 0.2) is 12.0 Å². The van der Waals surface area contributed by atoms with Gasteiger partial charge in [0, 0.05) is 0 Å². The van der Waals surface area contributed by atoms with Gasteiger partial charge in [0.05, 0.1) is 11.8 Å². The molecule has 0 saturated carbocycles. The minimum Gasteiger partial charge on any atom is -0.478 e. The second-order valence-electron chi connectivity index (χ2n) is 3.37. The Kier molecular flexibility index (Phi) is 1.94. The minimum absolute atomic E-state index is 0.151. The van der Waals surface area contributed by atoms with Gasteiger partial charge >= 0.3 is 5.97 Å². The molecule has 0 radical (unpaired) electrons. The second kappa shape index (κ2) is 3.44. The van der Waals surface area contributed by atoms with Crippen molar-refractivity contribution >= 4 is 17.1 Å². The highest BCUT2D eigenvalue weighted by atomic mass is 16.4. The summed E-state index contributed by atoms with van der Waals surface area (Å²) in [5.74, 6) is -0.331. The molecule has 0 aliphatic heterocycles. The fraction of sp³-hybridized carbons (Fsp3) is 0. The molecule has 0 aliphatic carbocycles. The van der Waals surface area contributed by atoms with Gasteiger partial charge in [-0.05, 0) is 18.2 Å². The predicted octanol–water partition coefficient (Wildman–Crippen LogP) is 2.18. The lowest BCUT2D eigenvalue weighted by molar-refractivity contribution is 0.0697. The molecular weight excluding hydrogens is 224 g/mol. The van der Waals surface area contributed by atoms with Crippen molar-refractivity contribution in [2.75, 3.05) is 0 Å². The number of hydrogen-bond donors (Lipinski definition) is 1. The Morgan fingerprint density at radius 2 is 2.24 bits per heavy atom. The van der Waals surface area contributed by atoms with E-state index in [-0.39, 0.29) is 11.5 Å². The molecule has 6 heteroatoms. The van der Waals surface area contributed by atoms with Gasteiger partial charge in [-0.25, -0.2) is 14.8 Å². The Labute approximate surface area is 94.5 Å². The third-order valence-electron chi connectivity index (χ3n) is 2.28. The molecule has 0 unspecified atom stereocenters. The maximum absolute atomic E-state index is 10.8. The smallest absolute Gasteiger partial charge is 0.335 e. The topological polar surface area (TPSA) is 89.4 Å². The highest BCUT2D eigenvalue weighted by Crippen LogP contribution is 2.24. The van der Waals surface area contributed by atoms with Crippen molar-refractivity contribution in [3.8, 4) is 11.7 Å². The van der Waals surface area contributed by atoms with E-state index in [0.717, 1.165) is 0 Å². The van der Waals surface area contributed by atoms with Crippen LogP contribution >= 0.6 is 0 Å². The summed E-state index contributed by atoms with van der Waals surface area (Å²) < 4.78 is 10.4. The van der Waals surface area contributed by atoms with Crippen LogP contribution in [0.25, 0.3) is 22.8 Å². The summed E-state index contributed by atoms with van der Waals surface area (Å²) >= 11 is 0. The van der Waals surface area contributed by atoms with Crippen LogP contribution in [0, 0.1) is 0 Å². The van der Waals surface area contributed by atoms with Gasteiger partial charge in [-0.1, -0.05) is 0 Å². The molecule has 84 valence electrons. The average Bonchev–Trinajstić information content (AvgIpc) is 2.96. The largest absolute Gasteiger partial charge is 0.478 e. The van der Waals surface area contributed by atoms with Crippen molar-refractivity contribution in [3.63, 3.8) is 0 Å². The standard InChI is InChI=1S/C11H6N2O4/c14-11(15)6-1-2-7-8(3-6)17-10(13-7)9-4-12-5-16-9/h1-5H,(H,14,15). The number of aromatic nitrogens is 2. The third kappa shape index (κ3) is 1.55. The maximum Gasteiger partial charge on any atom is 0.335 e. The number of hydrogen-bond acceptors (Lipinski definition) is 5. The lowest BCUT2D eigenvalue weighted by Crippen LogP contribution is -1.94. The van der Waals surface area contributed by atoms with E-state index < -0.39 is 5.97 Å². The van der Waals surface area contributed by atoms with Crippen molar-refractivity contribution in [2.24, 2.45) is 0 Å². The number of nitrogens with zero attached hydrogens (tertiary/aromatic N) is 2. The van der Waals surface area contributed by atoms with E-state index in [1.54, 1.807) is 6.07 Å². The molecule has 17 heavy (non-hydrogen) atoms. The molecule has 0 aliphatic rings. The van der Waals surface area contributed by atoms with E-state index >= 15 is 0 Å². The van der Waals surface area contributed by atoms with Gasteiger partial charge in [-0.15, -0.1) is 0 Å². The summed E-state index contributed by atoms with van der Waals surface area (Å²) in [5, 5.41) is 8.84. The fourth-order valence-electron chi connectivity index (χ4n) is 1.48. The normalized spacial score (nSPS) is 10.8. The van der Waals surface area contributed by atoms with Crippen LogP contribution in [0.5, 0.6) is 0 Å². The van der Waals surface area contributed by atoms with E-state index in [1.165, 1.54) is 24.7 Å². The lowest BCUT2D eigenvalue weighted by atomic mass is 10.2. The van der Waals surface area contributed by atoms with E-state index in [2.05, 4.69) is 9.97 Å². The Morgan fingerprint density at radius 1 is 1.35 bits per heavy atom. The van der Waals surface area contributed by atoms with Crippen LogP contribution in [-0.4, -0.2) is 21.0 Å². The number of carboxylic acids is 1. The average molecular weight is 230 g/mol. The Balaban J connectivity index is 2.16. The van der Waals surface area contributed by atoms with Crippen LogP contribution in [0.2, 0.25) is 0 Å². The number of aromatic carboxylic acids is 1. The van der Waals surface area contributed by atoms with Crippen molar-refractivity contribution < 1.29 is 18.7 Å². The summed E-state index contributed by atoms with van der Waals surface area (Å²) in [6.45, 7) is 0. The van der Waals surface area contributed by atoms with Crippen LogP contribution in [-0.2, 0) is 0 Å². The molecule has 0 spiro atoms. The van der Waals surface area contributed by atoms with E-state index in [1.807, 2.05) is 0 Å². The summed E-state index contributed by atoms with van der Waals surface area (Å²) in [6.07, 6.45) is 2.75. The lowest BCUT2D eigenvalue weighted by Gasteiger charge is -1.91. The zero-order valence-electron chi connectivity index (χ0n) is 8.45. The first-order chi connectivity index (χ1) is 8.24. The molecule has 3 aromatic rings. The quantitative estimate of drug-likeness (QED) is 0.725. The van der Waals surface area contributed by atoms with Gasteiger partial charge in [0.25, 0.3) is 5.89 Å². The minimum atomic E-state index is -1.01. The van der Waals surface area contributed by atoms with Crippen LogP contribution in [0.1, 0.15) is 10.4 Å². The van der Waals surface area contributed by atoms with E-state index in [0.29, 0.717) is 16.9 Å². The van der Waals surface area contributed by atoms with Gasteiger partial charge in [0.2, 0.25) is 5.76 Å². The van der Waals surface area contributed by atoms with Crippen molar-refractivity contribution in [2.45, 2.75) is 0 Å².